The summed E-state index contributed by atoms with van der Waals surface area (Å²) in [6.45, 7) is 0.475. The Bertz CT molecular complexity index is 440. The fourth-order valence-electron chi connectivity index (χ4n) is 1.41. The van der Waals surface area contributed by atoms with Crippen LogP contribution in [0.25, 0.3) is 0 Å². The van der Waals surface area contributed by atoms with Crippen molar-refractivity contribution in [3.05, 3.63) is 18.7 Å². The molecule has 0 spiro atoms. The lowest BCUT2D eigenvalue weighted by Gasteiger charge is -2.12. The van der Waals surface area contributed by atoms with E-state index in [1.165, 1.54) is 0 Å². The first-order valence-corrected chi connectivity index (χ1v) is 5.33. The first-order chi connectivity index (χ1) is 8.66. The molecule has 1 aromatic rings. The average molecular weight is 253 g/mol. The summed E-state index contributed by atoms with van der Waals surface area (Å²) in [5.41, 5.74) is 0. The number of rotatable bonds is 4. The Kier molecular flexibility index (Phi) is 3.56. The van der Waals surface area contributed by atoms with Crippen LogP contribution < -0.4 is 0 Å². The van der Waals surface area contributed by atoms with Crippen LogP contribution in [0, 0.1) is 0 Å². The van der Waals surface area contributed by atoms with Crippen molar-refractivity contribution in [3.8, 4) is 0 Å². The molecule has 1 saturated heterocycles. The number of hydrogen-bond acceptors (Lipinski definition) is 6. The smallest absolute Gasteiger partial charge is 0.431 e. The normalized spacial score (nSPS) is 15.0. The molecule has 2 heterocycles. The maximum absolute atomic E-state index is 11.2. The molecule has 2 amide bonds. The second-order valence-corrected chi connectivity index (χ2v) is 3.57. The van der Waals surface area contributed by atoms with Gasteiger partial charge in [-0.25, -0.2) is 9.78 Å². The highest BCUT2D eigenvalue weighted by atomic mass is 16.8. The van der Waals surface area contributed by atoms with Crippen molar-refractivity contribution in [1.29, 1.82) is 0 Å². The van der Waals surface area contributed by atoms with Gasteiger partial charge in [0.05, 0.1) is 12.9 Å². The third kappa shape index (κ3) is 2.84. The lowest BCUT2D eigenvalue weighted by atomic mass is 10.4. The zero-order chi connectivity index (χ0) is 13.0. The number of aromatic nitrogens is 2. The molecule has 0 N–H and O–H groups in total. The number of hydrogen-bond donors (Lipinski definition) is 0. The van der Waals surface area contributed by atoms with E-state index in [9.17, 15) is 14.4 Å². The van der Waals surface area contributed by atoms with Gasteiger partial charge in [-0.2, -0.15) is 0 Å². The second kappa shape index (κ2) is 5.30. The van der Waals surface area contributed by atoms with Crippen LogP contribution in [-0.4, -0.2) is 39.2 Å². The minimum atomic E-state index is -1.07. The molecule has 18 heavy (non-hydrogen) atoms. The third-order valence-corrected chi connectivity index (χ3v) is 2.30. The Morgan fingerprint density at radius 1 is 1.33 bits per heavy atom. The summed E-state index contributed by atoms with van der Waals surface area (Å²) >= 11 is 0. The van der Waals surface area contributed by atoms with Crippen LogP contribution in [0.4, 0.5) is 4.79 Å². The maximum Gasteiger partial charge on any atom is 0.534 e. The molecule has 8 heteroatoms. The molecule has 8 nitrogen and oxygen atoms in total. The summed E-state index contributed by atoms with van der Waals surface area (Å²) in [5.74, 6) is -1.07. The van der Waals surface area contributed by atoms with Crippen LogP contribution in [0.1, 0.15) is 12.8 Å². The number of imide groups is 1. The number of amides is 2. The number of carbonyl (C=O) groups is 3. The summed E-state index contributed by atoms with van der Waals surface area (Å²) in [6, 6.07) is 0. The lowest BCUT2D eigenvalue weighted by molar-refractivity contribution is -0.177. The van der Waals surface area contributed by atoms with Crippen LogP contribution in [0.5, 0.6) is 0 Å². The van der Waals surface area contributed by atoms with Crippen molar-refractivity contribution in [1.82, 2.24) is 14.6 Å². The molecule has 0 aromatic carbocycles. The predicted molar refractivity (Wildman–Crippen MR) is 55.7 cm³/mol. The molecule has 1 aliphatic rings. The quantitative estimate of drug-likeness (QED) is 0.558. The molecular formula is C10H11N3O5. The zero-order valence-corrected chi connectivity index (χ0v) is 9.44. The third-order valence-electron chi connectivity index (χ3n) is 2.30. The summed E-state index contributed by atoms with van der Waals surface area (Å²) in [6.07, 6.45) is 3.92. The van der Waals surface area contributed by atoms with Crippen LogP contribution in [0.15, 0.2) is 18.7 Å². The zero-order valence-electron chi connectivity index (χ0n) is 9.44. The van der Waals surface area contributed by atoms with Gasteiger partial charge in [0.2, 0.25) is 0 Å². The van der Waals surface area contributed by atoms with Gasteiger partial charge in [-0.1, -0.05) is 5.06 Å². The van der Waals surface area contributed by atoms with E-state index in [1.54, 1.807) is 23.3 Å². The SMILES string of the molecule is O=C(OCCn1ccnc1)ON1C(=O)CCC1=O. The van der Waals surface area contributed by atoms with E-state index in [0.29, 0.717) is 11.6 Å². The van der Waals surface area contributed by atoms with Gasteiger partial charge < -0.3 is 9.30 Å². The molecule has 1 aromatic heterocycles. The van der Waals surface area contributed by atoms with Crippen molar-refractivity contribution in [3.63, 3.8) is 0 Å². The van der Waals surface area contributed by atoms with Gasteiger partial charge in [0.15, 0.2) is 0 Å². The van der Waals surface area contributed by atoms with Gasteiger partial charge in [-0.3, -0.25) is 14.4 Å². The van der Waals surface area contributed by atoms with Crippen molar-refractivity contribution < 1.29 is 24.0 Å². The minimum absolute atomic E-state index is 0.0567. The van der Waals surface area contributed by atoms with Crippen LogP contribution in [0.3, 0.4) is 0 Å². The van der Waals surface area contributed by atoms with Crippen molar-refractivity contribution in [2.75, 3.05) is 6.61 Å². The minimum Gasteiger partial charge on any atom is -0.431 e. The summed E-state index contributed by atoms with van der Waals surface area (Å²) in [4.78, 5) is 41.8. The molecule has 0 saturated carbocycles. The Morgan fingerprint density at radius 3 is 2.67 bits per heavy atom. The van der Waals surface area contributed by atoms with Gasteiger partial charge >= 0.3 is 6.16 Å². The summed E-state index contributed by atoms with van der Waals surface area (Å²) < 4.78 is 6.43. The monoisotopic (exact) mass is 253 g/mol. The number of imidazole rings is 1. The van der Waals surface area contributed by atoms with E-state index in [0.717, 1.165) is 0 Å². The maximum atomic E-state index is 11.2. The number of ether oxygens (including phenoxy) is 1. The van der Waals surface area contributed by atoms with Crippen molar-refractivity contribution >= 4 is 18.0 Å². The number of nitrogens with zero attached hydrogens (tertiary/aromatic N) is 3. The topological polar surface area (TPSA) is 90.7 Å². The Morgan fingerprint density at radius 2 is 2.06 bits per heavy atom. The van der Waals surface area contributed by atoms with Crippen LogP contribution in [-0.2, 0) is 25.7 Å². The van der Waals surface area contributed by atoms with E-state index in [1.807, 2.05) is 0 Å². The molecular weight excluding hydrogens is 242 g/mol. The van der Waals surface area contributed by atoms with E-state index in [2.05, 4.69) is 9.82 Å². The van der Waals surface area contributed by atoms with Crippen molar-refractivity contribution in [2.45, 2.75) is 19.4 Å². The lowest BCUT2D eigenvalue weighted by Crippen LogP contribution is -2.32. The van der Waals surface area contributed by atoms with Crippen LogP contribution in [0.2, 0.25) is 0 Å². The Labute approximate surface area is 102 Å². The molecule has 1 aliphatic heterocycles. The molecule has 96 valence electrons. The van der Waals surface area contributed by atoms with Gasteiger partial charge in [0.1, 0.15) is 6.61 Å². The average Bonchev–Trinajstić information content (AvgIpc) is 2.94. The predicted octanol–water partition coefficient (Wildman–Crippen LogP) is 0.100. The number of carbonyl (C=O) groups excluding carboxylic acids is 3. The molecule has 0 unspecified atom stereocenters. The first-order valence-electron chi connectivity index (χ1n) is 5.33. The Hall–Kier alpha value is -2.38. The van der Waals surface area contributed by atoms with Crippen LogP contribution >= 0.6 is 0 Å². The highest BCUT2D eigenvalue weighted by Gasteiger charge is 2.33. The molecule has 0 aliphatic carbocycles. The molecule has 0 radical (unpaired) electrons. The highest BCUT2D eigenvalue weighted by molar-refractivity contribution is 6.01. The highest BCUT2D eigenvalue weighted by Crippen LogP contribution is 2.12. The van der Waals surface area contributed by atoms with Crippen molar-refractivity contribution in [2.24, 2.45) is 0 Å². The number of hydroxylamine groups is 2. The fourth-order valence-corrected chi connectivity index (χ4v) is 1.41. The second-order valence-electron chi connectivity index (χ2n) is 3.57. The molecule has 0 bridgehead atoms. The summed E-state index contributed by atoms with van der Waals surface area (Å²) in [5, 5.41) is 0.444. The molecule has 1 fully saturated rings. The van der Waals surface area contributed by atoms with Gasteiger partial charge in [-0.15, -0.1) is 0 Å². The Balaban J connectivity index is 1.72. The summed E-state index contributed by atoms with van der Waals surface area (Å²) in [7, 11) is 0. The largest absolute Gasteiger partial charge is 0.534 e. The van der Waals surface area contributed by atoms with Gasteiger partial charge in [-0.05, 0) is 0 Å². The van der Waals surface area contributed by atoms with E-state index in [4.69, 9.17) is 4.74 Å². The van der Waals surface area contributed by atoms with E-state index >= 15 is 0 Å². The van der Waals surface area contributed by atoms with E-state index in [-0.39, 0.29) is 19.4 Å². The van der Waals surface area contributed by atoms with Gasteiger partial charge in [0.25, 0.3) is 11.8 Å². The van der Waals surface area contributed by atoms with E-state index < -0.39 is 18.0 Å². The molecule has 2 rings (SSSR count). The molecule has 0 atom stereocenters. The fraction of sp³-hybridized carbons (Fsp3) is 0.400. The first kappa shape index (κ1) is 12.1. The van der Waals surface area contributed by atoms with Gasteiger partial charge in [0, 0.05) is 25.2 Å². The standard InChI is InChI=1S/C10H11N3O5/c14-8-1-2-9(15)13(8)18-10(16)17-6-5-12-4-3-11-7-12/h3-4,7H,1-2,5-6H2.